The summed E-state index contributed by atoms with van der Waals surface area (Å²) in [6, 6.07) is 11.8. The average Bonchev–Trinajstić information content (AvgIpc) is 2.88. The summed E-state index contributed by atoms with van der Waals surface area (Å²) < 4.78 is 0. The molecule has 0 unspecified atom stereocenters. The van der Waals surface area contributed by atoms with E-state index in [2.05, 4.69) is 11.4 Å². The Kier molecular flexibility index (Phi) is 4.51. The fourth-order valence-corrected chi connectivity index (χ4v) is 4.73. The number of carbonyl (C=O) groups excluding carboxylic acids is 1. The van der Waals surface area contributed by atoms with Gasteiger partial charge in [0.05, 0.1) is 11.1 Å². The monoisotopic (exact) mass is 381 g/mol. The van der Waals surface area contributed by atoms with E-state index >= 15 is 0 Å². The number of amides is 1. The predicted molar refractivity (Wildman–Crippen MR) is 110 cm³/mol. The smallest absolute Gasteiger partial charge is 0.256 e. The summed E-state index contributed by atoms with van der Waals surface area (Å²) in [6.45, 7) is 4.01. The Morgan fingerprint density at radius 1 is 1.00 bits per heavy atom. The molecule has 2 aromatic rings. The molecular weight excluding hydrogens is 358 g/mol. The van der Waals surface area contributed by atoms with Crippen LogP contribution in [0.1, 0.15) is 48.8 Å². The molecule has 1 spiro atoms. The second kappa shape index (κ2) is 6.72. The minimum atomic E-state index is -0.570. The van der Waals surface area contributed by atoms with Crippen molar-refractivity contribution in [2.24, 2.45) is 0 Å². The Hall–Kier alpha value is -2.26. The highest BCUT2D eigenvalue weighted by molar-refractivity contribution is 6.30. The molecule has 1 amide bonds. The molecule has 27 heavy (non-hydrogen) atoms. The van der Waals surface area contributed by atoms with Crippen molar-refractivity contribution in [2.45, 2.75) is 51.5 Å². The first-order valence-electron chi connectivity index (χ1n) is 9.56. The second-order valence-electron chi connectivity index (χ2n) is 7.76. The number of carbonyl (C=O) groups is 1. The summed E-state index contributed by atoms with van der Waals surface area (Å²) in [5, 5.41) is 14.9. The van der Waals surface area contributed by atoms with Crippen LogP contribution in [0.15, 0.2) is 42.2 Å². The number of aliphatic hydroxyl groups excluding tert-OH is 1. The van der Waals surface area contributed by atoms with Crippen molar-refractivity contribution in [3.63, 3.8) is 0 Å². The van der Waals surface area contributed by atoms with Crippen LogP contribution < -0.4 is 5.32 Å². The highest BCUT2D eigenvalue weighted by atomic mass is 35.5. The Labute approximate surface area is 165 Å². The molecule has 2 aliphatic rings. The molecule has 0 bridgehead atoms. The zero-order chi connectivity index (χ0) is 19.2. The third-order valence-electron chi connectivity index (χ3n) is 6.06. The van der Waals surface area contributed by atoms with Gasteiger partial charge in [0.1, 0.15) is 5.76 Å². The van der Waals surface area contributed by atoms with Gasteiger partial charge in [-0.25, -0.2) is 0 Å². The molecule has 1 fully saturated rings. The molecule has 0 aromatic heterocycles. The van der Waals surface area contributed by atoms with Crippen molar-refractivity contribution in [1.82, 2.24) is 5.32 Å². The molecule has 0 radical (unpaired) electrons. The Balaban J connectivity index is 1.87. The highest BCUT2D eigenvalue weighted by Gasteiger charge is 2.46. The Bertz CT molecular complexity index is 938. The molecule has 0 saturated heterocycles. The second-order valence-corrected chi connectivity index (χ2v) is 8.19. The third-order valence-corrected chi connectivity index (χ3v) is 6.31. The van der Waals surface area contributed by atoms with E-state index in [0.717, 1.165) is 59.9 Å². The van der Waals surface area contributed by atoms with E-state index in [1.54, 1.807) is 0 Å². The molecule has 4 heteroatoms. The van der Waals surface area contributed by atoms with E-state index < -0.39 is 5.54 Å². The van der Waals surface area contributed by atoms with Gasteiger partial charge >= 0.3 is 0 Å². The lowest BCUT2D eigenvalue weighted by molar-refractivity contribution is -0.116. The maximum Gasteiger partial charge on any atom is 0.256 e. The minimum absolute atomic E-state index is 0.158. The van der Waals surface area contributed by atoms with Crippen LogP contribution in [0.3, 0.4) is 0 Å². The number of rotatable bonds is 2. The summed E-state index contributed by atoms with van der Waals surface area (Å²) in [4.78, 5) is 12.9. The van der Waals surface area contributed by atoms with Crippen LogP contribution in [0.25, 0.3) is 16.7 Å². The zero-order valence-corrected chi connectivity index (χ0v) is 16.5. The van der Waals surface area contributed by atoms with E-state index in [9.17, 15) is 9.90 Å². The van der Waals surface area contributed by atoms with E-state index in [4.69, 9.17) is 11.6 Å². The highest BCUT2D eigenvalue weighted by Crippen LogP contribution is 2.43. The molecule has 4 rings (SSSR count). The van der Waals surface area contributed by atoms with Crippen molar-refractivity contribution >= 4 is 23.1 Å². The number of aliphatic hydroxyl groups is 1. The van der Waals surface area contributed by atoms with Crippen molar-refractivity contribution in [1.29, 1.82) is 0 Å². The van der Waals surface area contributed by atoms with Crippen LogP contribution in [-0.2, 0) is 4.79 Å². The van der Waals surface area contributed by atoms with Gasteiger partial charge in [-0.15, -0.1) is 0 Å². The lowest BCUT2D eigenvalue weighted by Crippen LogP contribution is -2.46. The van der Waals surface area contributed by atoms with Gasteiger partial charge in [0.15, 0.2) is 0 Å². The summed E-state index contributed by atoms with van der Waals surface area (Å²) >= 11 is 6.03. The lowest BCUT2D eigenvalue weighted by atomic mass is 9.80. The number of hydrogen-bond donors (Lipinski definition) is 2. The SMILES string of the molecule is Cc1ccc(-c2ccc(Cl)cc2)c(C)c1C1=C(O)C2(CCCCC2)NC1=O. The van der Waals surface area contributed by atoms with Gasteiger partial charge < -0.3 is 10.4 Å². The van der Waals surface area contributed by atoms with Gasteiger partial charge in [0, 0.05) is 5.02 Å². The van der Waals surface area contributed by atoms with Crippen LogP contribution >= 0.6 is 11.6 Å². The van der Waals surface area contributed by atoms with E-state index in [-0.39, 0.29) is 11.7 Å². The summed E-state index contributed by atoms with van der Waals surface area (Å²) in [5.41, 5.74) is 4.81. The molecule has 0 atom stereocenters. The normalized spacial score (nSPS) is 18.9. The van der Waals surface area contributed by atoms with E-state index in [0.29, 0.717) is 10.6 Å². The number of nitrogens with one attached hydrogen (secondary N) is 1. The number of hydrogen-bond acceptors (Lipinski definition) is 2. The predicted octanol–water partition coefficient (Wildman–Crippen LogP) is 5.73. The molecule has 2 N–H and O–H groups in total. The van der Waals surface area contributed by atoms with E-state index in [1.807, 2.05) is 44.2 Å². The van der Waals surface area contributed by atoms with Gasteiger partial charge in [-0.1, -0.05) is 55.1 Å². The zero-order valence-electron chi connectivity index (χ0n) is 15.7. The summed E-state index contributed by atoms with van der Waals surface area (Å²) in [6.07, 6.45) is 4.83. The van der Waals surface area contributed by atoms with Crippen molar-refractivity contribution in [3.05, 3.63) is 63.9 Å². The number of aryl methyl sites for hydroxylation is 1. The van der Waals surface area contributed by atoms with Gasteiger partial charge in [-0.3, -0.25) is 4.79 Å². The maximum atomic E-state index is 12.9. The summed E-state index contributed by atoms with van der Waals surface area (Å²) in [5.74, 6) is 0.0699. The fraction of sp³-hybridized carbons (Fsp3) is 0.348. The molecule has 140 valence electrons. The van der Waals surface area contributed by atoms with Gasteiger partial charge in [0.2, 0.25) is 0 Å². The standard InChI is InChI=1S/C23H24ClNO2/c1-14-6-11-18(16-7-9-17(24)10-8-16)15(2)19(14)20-21(26)23(25-22(20)27)12-4-3-5-13-23/h6-11,26H,3-5,12-13H2,1-2H3,(H,25,27). The topological polar surface area (TPSA) is 49.3 Å². The fourth-order valence-electron chi connectivity index (χ4n) is 4.61. The largest absolute Gasteiger partial charge is 0.509 e. The molecule has 1 saturated carbocycles. The molecular formula is C23H24ClNO2. The lowest BCUT2D eigenvalue weighted by Gasteiger charge is -2.33. The first-order valence-corrected chi connectivity index (χ1v) is 9.93. The Morgan fingerprint density at radius 3 is 2.33 bits per heavy atom. The average molecular weight is 382 g/mol. The Morgan fingerprint density at radius 2 is 1.67 bits per heavy atom. The molecule has 3 nitrogen and oxygen atoms in total. The number of halogens is 1. The van der Waals surface area contributed by atoms with Gasteiger partial charge in [0.25, 0.3) is 5.91 Å². The first-order chi connectivity index (χ1) is 12.9. The molecule has 1 aliphatic heterocycles. The van der Waals surface area contributed by atoms with Crippen LogP contribution in [-0.4, -0.2) is 16.6 Å². The molecule has 2 aromatic carbocycles. The quantitative estimate of drug-likeness (QED) is 0.698. The van der Waals surface area contributed by atoms with E-state index in [1.165, 1.54) is 0 Å². The van der Waals surface area contributed by atoms with Crippen LogP contribution in [0, 0.1) is 13.8 Å². The van der Waals surface area contributed by atoms with Crippen molar-refractivity contribution < 1.29 is 9.90 Å². The number of benzene rings is 2. The summed E-state index contributed by atoms with van der Waals surface area (Å²) in [7, 11) is 0. The molecule has 1 aliphatic carbocycles. The third kappa shape index (κ3) is 2.94. The maximum absolute atomic E-state index is 12.9. The van der Waals surface area contributed by atoms with Gasteiger partial charge in [-0.2, -0.15) is 0 Å². The minimum Gasteiger partial charge on any atom is -0.509 e. The van der Waals surface area contributed by atoms with Crippen LogP contribution in [0.2, 0.25) is 5.02 Å². The van der Waals surface area contributed by atoms with Gasteiger partial charge in [-0.05, 0) is 66.6 Å². The first kappa shape index (κ1) is 18.1. The van der Waals surface area contributed by atoms with Crippen molar-refractivity contribution in [2.75, 3.05) is 0 Å². The van der Waals surface area contributed by atoms with Crippen LogP contribution in [0.4, 0.5) is 0 Å². The van der Waals surface area contributed by atoms with Crippen LogP contribution in [0.5, 0.6) is 0 Å². The molecule has 1 heterocycles. The van der Waals surface area contributed by atoms with Crippen molar-refractivity contribution in [3.8, 4) is 11.1 Å².